The molecule has 1 amide bonds. The van der Waals surface area contributed by atoms with Crippen molar-refractivity contribution in [3.05, 3.63) is 47.2 Å². The van der Waals surface area contributed by atoms with Crippen molar-refractivity contribution in [2.24, 2.45) is 0 Å². The standard InChI is InChI=1S/C18H22N4O3S/c1-12-4-5-14(10-13(12)2)19-18(23)16-6-7-17(21-20-16)22(3)15-8-9-26(24,25)11-15/h4-7,10,15H,8-9,11H2,1-3H3,(H,19,23). The smallest absolute Gasteiger partial charge is 0.276 e. The van der Waals surface area contributed by atoms with Crippen LogP contribution in [-0.2, 0) is 9.84 Å². The van der Waals surface area contributed by atoms with Gasteiger partial charge in [-0.1, -0.05) is 6.07 Å². The highest BCUT2D eigenvalue weighted by molar-refractivity contribution is 7.91. The number of aryl methyl sites for hydroxylation is 2. The van der Waals surface area contributed by atoms with Gasteiger partial charge < -0.3 is 10.2 Å². The maximum absolute atomic E-state index is 12.3. The molecule has 1 aromatic carbocycles. The molecular formula is C18H22N4O3S. The summed E-state index contributed by atoms with van der Waals surface area (Å²) in [5.41, 5.74) is 3.16. The van der Waals surface area contributed by atoms with E-state index in [1.165, 1.54) is 0 Å². The zero-order valence-electron chi connectivity index (χ0n) is 15.1. The average Bonchev–Trinajstić information content (AvgIpc) is 2.97. The molecule has 8 heteroatoms. The zero-order valence-corrected chi connectivity index (χ0v) is 15.9. The number of anilines is 2. The van der Waals surface area contributed by atoms with Gasteiger partial charge in [-0.05, 0) is 55.7 Å². The fourth-order valence-corrected chi connectivity index (χ4v) is 4.69. The van der Waals surface area contributed by atoms with Crippen molar-refractivity contribution in [3.8, 4) is 0 Å². The molecular weight excluding hydrogens is 352 g/mol. The Labute approximate surface area is 153 Å². The van der Waals surface area contributed by atoms with Crippen LogP contribution < -0.4 is 10.2 Å². The molecule has 26 heavy (non-hydrogen) atoms. The fourth-order valence-electron chi connectivity index (χ4n) is 2.92. The Bertz CT molecular complexity index is 926. The molecule has 7 nitrogen and oxygen atoms in total. The van der Waals surface area contributed by atoms with Gasteiger partial charge in [-0.3, -0.25) is 4.79 Å². The van der Waals surface area contributed by atoms with Crippen LogP contribution in [0.25, 0.3) is 0 Å². The SMILES string of the molecule is Cc1ccc(NC(=O)c2ccc(N(C)C3CCS(=O)(=O)C3)nn2)cc1C. The molecule has 3 rings (SSSR count). The van der Waals surface area contributed by atoms with E-state index in [9.17, 15) is 13.2 Å². The minimum Gasteiger partial charge on any atom is -0.354 e. The topological polar surface area (TPSA) is 92.3 Å². The normalized spacial score (nSPS) is 18.5. The van der Waals surface area contributed by atoms with Gasteiger partial charge in [0, 0.05) is 18.8 Å². The van der Waals surface area contributed by atoms with Crippen LogP contribution in [0.4, 0.5) is 11.5 Å². The summed E-state index contributed by atoms with van der Waals surface area (Å²) in [7, 11) is -1.17. The van der Waals surface area contributed by atoms with Gasteiger partial charge in [-0.25, -0.2) is 8.42 Å². The largest absolute Gasteiger partial charge is 0.354 e. The monoisotopic (exact) mass is 374 g/mol. The molecule has 1 aliphatic rings. The van der Waals surface area contributed by atoms with Crippen LogP contribution in [0.5, 0.6) is 0 Å². The molecule has 0 saturated carbocycles. The zero-order chi connectivity index (χ0) is 18.9. The molecule has 1 unspecified atom stereocenters. The molecule has 1 saturated heterocycles. The Hall–Kier alpha value is -2.48. The van der Waals surface area contributed by atoms with Gasteiger partial charge in [0.05, 0.1) is 11.5 Å². The van der Waals surface area contributed by atoms with Crippen LogP contribution in [0.2, 0.25) is 0 Å². The molecule has 138 valence electrons. The molecule has 2 heterocycles. The van der Waals surface area contributed by atoms with Gasteiger partial charge in [0.25, 0.3) is 5.91 Å². The number of sulfone groups is 1. The molecule has 1 atom stereocenters. The summed E-state index contributed by atoms with van der Waals surface area (Å²) in [5, 5.41) is 10.9. The molecule has 1 aromatic heterocycles. The highest BCUT2D eigenvalue weighted by Gasteiger charge is 2.31. The van der Waals surface area contributed by atoms with E-state index in [2.05, 4.69) is 15.5 Å². The average molecular weight is 374 g/mol. The number of rotatable bonds is 4. The van der Waals surface area contributed by atoms with E-state index < -0.39 is 9.84 Å². The summed E-state index contributed by atoms with van der Waals surface area (Å²) < 4.78 is 23.2. The first-order valence-electron chi connectivity index (χ1n) is 8.41. The minimum atomic E-state index is -2.97. The Balaban J connectivity index is 1.68. The molecule has 1 fully saturated rings. The number of hydrogen-bond acceptors (Lipinski definition) is 6. The summed E-state index contributed by atoms with van der Waals surface area (Å²) >= 11 is 0. The predicted molar refractivity (Wildman–Crippen MR) is 101 cm³/mol. The van der Waals surface area contributed by atoms with Crippen molar-refractivity contribution in [3.63, 3.8) is 0 Å². The van der Waals surface area contributed by atoms with E-state index in [1.807, 2.05) is 36.9 Å². The number of nitrogens with one attached hydrogen (secondary N) is 1. The van der Waals surface area contributed by atoms with E-state index >= 15 is 0 Å². The van der Waals surface area contributed by atoms with Gasteiger partial charge >= 0.3 is 0 Å². The summed E-state index contributed by atoms with van der Waals surface area (Å²) in [6, 6.07) is 8.88. The van der Waals surface area contributed by atoms with Crippen molar-refractivity contribution >= 4 is 27.2 Å². The van der Waals surface area contributed by atoms with Crippen LogP contribution >= 0.6 is 0 Å². The van der Waals surface area contributed by atoms with Gasteiger partial charge in [0.2, 0.25) is 0 Å². The number of benzene rings is 1. The summed E-state index contributed by atoms with van der Waals surface area (Å²) in [5.74, 6) is 0.541. The summed E-state index contributed by atoms with van der Waals surface area (Å²) in [4.78, 5) is 14.1. The third-order valence-electron chi connectivity index (χ3n) is 4.77. The van der Waals surface area contributed by atoms with Gasteiger partial charge in [-0.2, -0.15) is 0 Å². The highest BCUT2D eigenvalue weighted by atomic mass is 32.2. The second-order valence-electron chi connectivity index (χ2n) is 6.70. The van der Waals surface area contributed by atoms with E-state index in [-0.39, 0.29) is 29.1 Å². The third-order valence-corrected chi connectivity index (χ3v) is 6.52. The number of carbonyl (C=O) groups excluding carboxylic acids is 1. The van der Waals surface area contributed by atoms with Crippen LogP contribution in [-0.4, -0.2) is 49.1 Å². The first-order chi connectivity index (χ1) is 12.2. The second kappa shape index (κ2) is 7.03. The molecule has 1 N–H and O–H groups in total. The Morgan fingerprint density at radius 2 is 1.92 bits per heavy atom. The van der Waals surface area contributed by atoms with E-state index in [1.54, 1.807) is 19.2 Å². The van der Waals surface area contributed by atoms with Crippen molar-refractivity contribution in [1.82, 2.24) is 10.2 Å². The van der Waals surface area contributed by atoms with Crippen molar-refractivity contribution < 1.29 is 13.2 Å². The quantitative estimate of drug-likeness (QED) is 0.880. The first kappa shape index (κ1) is 18.3. The van der Waals surface area contributed by atoms with E-state index in [0.717, 1.165) is 11.1 Å². The summed E-state index contributed by atoms with van der Waals surface area (Å²) in [6.07, 6.45) is 0.579. The van der Waals surface area contributed by atoms with Crippen molar-refractivity contribution in [2.45, 2.75) is 26.3 Å². The predicted octanol–water partition coefficient (Wildman–Crippen LogP) is 1.97. The number of nitrogens with zero attached hydrogens (tertiary/aromatic N) is 3. The number of amides is 1. The van der Waals surface area contributed by atoms with Crippen LogP contribution in [0.3, 0.4) is 0 Å². The van der Waals surface area contributed by atoms with Crippen LogP contribution in [0.1, 0.15) is 28.0 Å². The maximum Gasteiger partial charge on any atom is 0.276 e. The molecule has 0 bridgehead atoms. The maximum atomic E-state index is 12.3. The molecule has 1 aliphatic heterocycles. The molecule has 0 radical (unpaired) electrons. The lowest BCUT2D eigenvalue weighted by Crippen LogP contribution is -2.33. The number of hydrogen-bond donors (Lipinski definition) is 1. The highest BCUT2D eigenvalue weighted by Crippen LogP contribution is 2.21. The van der Waals surface area contributed by atoms with Gasteiger partial charge in [0.1, 0.15) is 0 Å². The van der Waals surface area contributed by atoms with Gasteiger partial charge in [0.15, 0.2) is 21.3 Å². The van der Waals surface area contributed by atoms with Crippen molar-refractivity contribution in [2.75, 3.05) is 28.8 Å². The molecule has 0 aliphatic carbocycles. The lowest BCUT2D eigenvalue weighted by Gasteiger charge is -2.23. The van der Waals surface area contributed by atoms with Crippen LogP contribution in [0.15, 0.2) is 30.3 Å². The minimum absolute atomic E-state index is 0.107. The van der Waals surface area contributed by atoms with Gasteiger partial charge in [-0.15, -0.1) is 10.2 Å². The molecule has 2 aromatic rings. The Morgan fingerprint density at radius 1 is 1.15 bits per heavy atom. The fraction of sp³-hybridized carbons (Fsp3) is 0.389. The number of aromatic nitrogens is 2. The van der Waals surface area contributed by atoms with E-state index in [0.29, 0.717) is 17.9 Å². The Morgan fingerprint density at radius 3 is 2.50 bits per heavy atom. The number of carbonyl (C=O) groups is 1. The molecule has 0 spiro atoms. The lowest BCUT2D eigenvalue weighted by atomic mass is 10.1. The third kappa shape index (κ3) is 4.01. The first-order valence-corrected chi connectivity index (χ1v) is 10.2. The Kier molecular flexibility index (Phi) is 4.95. The lowest BCUT2D eigenvalue weighted by molar-refractivity contribution is 0.102. The van der Waals surface area contributed by atoms with Crippen LogP contribution in [0, 0.1) is 13.8 Å². The second-order valence-corrected chi connectivity index (χ2v) is 8.93. The van der Waals surface area contributed by atoms with Crippen molar-refractivity contribution in [1.29, 1.82) is 0 Å². The van der Waals surface area contributed by atoms with E-state index in [4.69, 9.17) is 0 Å². The summed E-state index contributed by atoms with van der Waals surface area (Å²) in [6.45, 7) is 4.00.